The maximum absolute atomic E-state index is 13.9. The smallest absolute Gasteiger partial charge is 0.266 e. The maximum Gasteiger partial charge on any atom is 0.266 e. The highest BCUT2D eigenvalue weighted by atomic mass is 19.3. The Morgan fingerprint density at radius 3 is 1.99 bits per heavy atom. The summed E-state index contributed by atoms with van der Waals surface area (Å²) in [7, 11) is 0. The number of rotatable bonds is 16. The third kappa shape index (κ3) is 12.5. The Hall–Kier alpha value is -9.72. The second kappa shape index (κ2) is 23.0. The van der Waals surface area contributed by atoms with E-state index >= 15 is 0 Å². The fraction of sp³-hybridized carbons (Fsp3) is 0.193. The van der Waals surface area contributed by atoms with Gasteiger partial charge in [-0.1, -0.05) is 55.1 Å². The normalized spacial score (nSPS) is 14.6. The van der Waals surface area contributed by atoms with Crippen LogP contribution in [0.1, 0.15) is 25.7 Å². The molecule has 2 aliphatic heterocycles. The quantitative estimate of drug-likeness (QED) is 0.0520. The fourth-order valence-electron chi connectivity index (χ4n) is 8.85. The van der Waals surface area contributed by atoms with Gasteiger partial charge in [0.05, 0.1) is 17.7 Å². The van der Waals surface area contributed by atoms with Crippen molar-refractivity contribution in [3.63, 3.8) is 0 Å². The molecule has 7 aromatic rings. The Balaban J connectivity index is 0.794. The molecule has 9 rings (SSSR count). The minimum absolute atomic E-state index is 0.0315. The van der Waals surface area contributed by atoms with E-state index in [0.29, 0.717) is 102 Å². The van der Waals surface area contributed by atoms with Crippen LogP contribution in [-0.4, -0.2) is 86.2 Å². The molecule has 0 atom stereocenters. The third-order valence-corrected chi connectivity index (χ3v) is 12.7. The Morgan fingerprint density at radius 2 is 1.32 bits per heavy atom. The van der Waals surface area contributed by atoms with Gasteiger partial charge in [-0.05, 0) is 127 Å². The molecule has 0 bridgehead atoms. The average molecular weight is 1020 g/mol. The predicted octanol–water partition coefficient (Wildman–Crippen LogP) is 10.4. The van der Waals surface area contributed by atoms with Crippen LogP contribution < -0.4 is 36.3 Å². The number of anilines is 4. The van der Waals surface area contributed by atoms with Crippen LogP contribution in [-0.2, 0) is 9.59 Å². The fourth-order valence-corrected chi connectivity index (χ4v) is 8.85. The van der Waals surface area contributed by atoms with E-state index < -0.39 is 18.4 Å². The molecule has 2 saturated heterocycles. The summed E-state index contributed by atoms with van der Waals surface area (Å²) in [6, 6.07) is 40.3. The van der Waals surface area contributed by atoms with E-state index in [4.69, 9.17) is 30.9 Å². The number of nitrogens with zero attached hydrogens (tertiary/aromatic N) is 8. The standard InChI is InChI=1S/C57H50F2N12O5/c1-36(31-60)56(73)71-27-22-42(23-28-71)68-53-49(51(62)64-34-66-53)38-11-15-45(16-12-38)75-48-8-3-5-39(30-48)37-9-13-44(14-10-37)74-46-17-19-47(20-18-46)76-55-50(52(63)65-35-67-55)40-6-2-7-43(29-40)69-54(72)41(32-61)21-26-70-25-4-24-57(58,59)33-70/h2-3,5-21,29-30,34-35,42H,1,4,22-28,33H2,(H,69,72)(H2,63,65,67)(H3,62,64,66,68). The molecule has 76 heavy (non-hydrogen) atoms. The van der Waals surface area contributed by atoms with Crippen molar-refractivity contribution in [3.05, 3.63) is 158 Å². The van der Waals surface area contributed by atoms with Crippen molar-refractivity contribution in [1.82, 2.24) is 29.7 Å². The van der Waals surface area contributed by atoms with E-state index in [1.54, 1.807) is 53.4 Å². The SMILES string of the molecule is C=C(C#N)C(=O)N1CCC(Nc2ncnc(N)c2-c2ccc(Oc3cccc(-c4ccc(Oc5ccc(Oc6ncnc(N)c6-c6cccc(NC(=O)C(C#N)=CCN7CCCC(F)(F)C7)c6)cc5)cc4)c3)cc2)CC1. The lowest BCUT2D eigenvalue weighted by molar-refractivity contribution is -0.127. The molecule has 0 aliphatic carbocycles. The summed E-state index contributed by atoms with van der Waals surface area (Å²) in [6.07, 6.45) is 5.52. The molecule has 4 heterocycles. The summed E-state index contributed by atoms with van der Waals surface area (Å²) >= 11 is 0. The number of likely N-dealkylation sites (tertiary alicyclic amines) is 2. The summed E-state index contributed by atoms with van der Waals surface area (Å²) < 4.78 is 46.4. The number of alkyl halides is 2. The van der Waals surface area contributed by atoms with Gasteiger partial charge in [0.2, 0.25) is 5.88 Å². The lowest BCUT2D eigenvalue weighted by Crippen LogP contribution is -2.42. The van der Waals surface area contributed by atoms with Crippen LogP contribution in [0, 0.1) is 22.7 Å². The van der Waals surface area contributed by atoms with Crippen LogP contribution in [0.25, 0.3) is 33.4 Å². The van der Waals surface area contributed by atoms with Crippen LogP contribution >= 0.6 is 0 Å². The second-order valence-electron chi connectivity index (χ2n) is 18.0. The van der Waals surface area contributed by atoms with Crippen LogP contribution in [0.4, 0.5) is 31.9 Å². The number of nitriles is 2. The van der Waals surface area contributed by atoms with Gasteiger partial charge in [0.25, 0.3) is 17.7 Å². The molecule has 2 amide bonds. The molecule has 2 aliphatic rings. The molecule has 17 nitrogen and oxygen atoms in total. The highest BCUT2D eigenvalue weighted by molar-refractivity contribution is 6.07. The topological polar surface area (TPSA) is 244 Å². The van der Waals surface area contributed by atoms with Gasteiger partial charge < -0.3 is 41.2 Å². The molecule has 19 heteroatoms. The van der Waals surface area contributed by atoms with Crippen molar-refractivity contribution in [2.45, 2.75) is 37.6 Å². The summed E-state index contributed by atoms with van der Waals surface area (Å²) in [5.74, 6) is 0.203. The third-order valence-electron chi connectivity index (χ3n) is 12.7. The van der Waals surface area contributed by atoms with Crippen molar-refractivity contribution >= 4 is 35.0 Å². The van der Waals surface area contributed by atoms with Gasteiger partial charge in [0.1, 0.15) is 82.1 Å². The zero-order chi connectivity index (χ0) is 53.2. The predicted molar refractivity (Wildman–Crippen MR) is 283 cm³/mol. The molecule has 6 N–H and O–H groups in total. The van der Waals surface area contributed by atoms with Crippen LogP contribution in [0.3, 0.4) is 0 Å². The Kier molecular flexibility index (Phi) is 15.5. The summed E-state index contributed by atoms with van der Waals surface area (Å²) in [5, 5.41) is 25.0. The summed E-state index contributed by atoms with van der Waals surface area (Å²) in [5.41, 5.74) is 17.0. The van der Waals surface area contributed by atoms with Crippen LogP contribution in [0.15, 0.2) is 158 Å². The zero-order valence-corrected chi connectivity index (χ0v) is 41.0. The Labute approximate surface area is 436 Å². The number of ether oxygens (including phenoxy) is 3. The molecule has 0 unspecified atom stereocenters. The number of piperidine rings is 2. The van der Waals surface area contributed by atoms with Crippen molar-refractivity contribution in [2.75, 3.05) is 54.8 Å². The van der Waals surface area contributed by atoms with E-state index in [1.165, 1.54) is 23.6 Å². The second-order valence-corrected chi connectivity index (χ2v) is 18.0. The number of benzene rings is 5. The average Bonchev–Trinajstić information content (AvgIpc) is 3.42. The number of nitrogens with two attached hydrogens (primary N) is 2. The molecule has 2 aromatic heterocycles. The first-order valence-corrected chi connectivity index (χ1v) is 24.2. The first kappa shape index (κ1) is 51.2. The Bertz CT molecular complexity index is 3390. The molecule has 0 saturated carbocycles. The van der Waals surface area contributed by atoms with Gasteiger partial charge in [0, 0.05) is 37.8 Å². The molecule has 0 radical (unpaired) electrons. The largest absolute Gasteiger partial charge is 0.457 e. The number of hydrogen-bond donors (Lipinski definition) is 4. The highest BCUT2D eigenvalue weighted by Gasteiger charge is 2.35. The van der Waals surface area contributed by atoms with Crippen LogP contribution in [0.2, 0.25) is 0 Å². The minimum Gasteiger partial charge on any atom is -0.457 e. The number of carbonyl (C=O) groups excluding carboxylic acids is 2. The number of halogens is 2. The van der Waals surface area contributed by atoms with E-state index in [9.17, 15) is 23.6 Å². The van der Waals surface area contributed by atoms with Crippen LogP contribution in [0.5, 0.6) is 34.6 Å². The first-order valence-electron chi connectivity index (χ1n) is 24.2. The Morgan fingerprint density at radius 1 is 0.711 bits per heavy atom. The molecule has 382 valence electrons. The molecule has 2 fully saturated rings. The number of carbonyl (C=O) groups is 2. The van der Waals surface area contributed by atoms with Gasteiger partial charge in [-0.3, -0.25) is 14.5 Å². The number of aromatic nitrogens is 4. The van der Waals surface area contributed by atoms with E-state index in [1.807, 2.05) is 84.9 Å². The van der Waals surface area contributed by atoms with Crippen molar-refractivity contribution in [1.29, 1.82) is 10.5 Å². The van der Waals surface area contributed by atoms with E-state index in [2.05, 4.69) is 37.1 Å². The monoisotopic (exact) mass is 1020 g/mol. The van der Waals surface area contributed by atoms with Crippen molar-refractivity contribution < 1.29 is 32.6 Å². The zero-order valence-electron chi connectivity index (χ0n) is 41.0. The van der Waals surface area contributed by atoms with E-state index in [0.717, 1.165) is 16.7 Å². The van der Waals surface area contributed by atoms with Crippen molar-refractivity contribution in [3.8, 4) is 80.1 Å². The van der Waals surface area contributed by atoms with Gasteiger partial charge in [-0.25, -0.2) is 28.7 Å². The first-order chi connectivity index (χ1) is 36.8. The number of hydrogen-bond acceptors (Lipinski definition) is 15. The maximum atomic E-state index is 13.9. The van der Waals surface area contributed by atoms with Gasteiger partial charge in [0.15, 0.2) is 0 Å². The van der Waals surface area contributed by atoms with Crippen molar-refractivity contribution in [2.24, 2.45) is 0 Å². The molecule has 5 aromatic carbocycles. The number of amides is 2. The van der Waals surface area contributed by atoms with E-state index in [-0.39, 0.29) is 47.8 Å². The number of nitrogens with one attached hydrogen (secondary N) is 2. The minimum atomic E-state index is -2.80. The molecular formula is C57H50F2N12O5. The number of nitrogen functional groups attached to an aromatic ring is 2. The lowest BCUT2D eigenvalue weighted by Gasteiger charge is -2.32. The summed E-state index contributed by atoms with van der Waals surface area (Å²) in [6.45, 7) is 4.59. The van der Waals surface area contributed by atoms with Gasteiger partial charge >= 0.3 is 0 Å². The highest BCUT2D eigenvalue weighted by Crippen LogP contribution is 2.38. The summed E-state index contributed by atoms with van der Waals surface area (Å²) in [4.78, 5) is 45.9. The lowest BCUT2D eigenvalue weighted by atomic mass is 10.0. The molecular weight excluding hydrogens is 971 g/mol. The molecule has 0 spiro atoms. The van der Waals surface area contributed by atoms with Gasteiger partial charge in [-0.15, -0.1) is 0 Å². The van der Waals surface area contributed by atoms with Gasteiger partial charge in [-0.2, -0.15) is 10.5 Å².